The van der Waals surface area contributed by atoms with Crippen LogP contribution in [0.5, 0.6) is 0 Å². The molecule has 0 bridgehead atoms. The molecule has 0 fully saturated rings. The van der Waals surface area contributed by atoms with E-state index in [-0.39, 0.29) is 50.8 Å². The molecule has 3 rings (SSSR count). The Bertz CT molecular complexity index is 974. The molecule has 0 spiro atoms. The Balaban J connectivity index is 1.83. The van der Waals surface area contributed by atoms with Gasteiger partial charge in [-0.1, -0.05) is 70.7 Å². The van der Waals surface area contributed by atoms with E-state index in [2.05, 4.69) is 0 Å². The van der Waals surface area contributed by atoms with Crippen LogP contribution in [-0.4, -0.2) is 24.8 Å². The Kier molecular flexibility index (Phi) is 9.24. The van der Waals surface area contributed by atoms with Gasteiger partial charge in [-0.05, 0) is 38.1 Å². The van der Waals surface area contributed by atoms with E-state index in [4.69, 9.17) is 55.9 Å². The number of allylic oxidation sites excluding steroid dienone is 2. The highest BCUT2D eigenvalue weighted by Crippen LogP contribution is 2.45. The van der Waals surface area contributed by atoms with E-state index in [1.54, 1.807) is 62.4 Å². The van der Waals surface area contributed by atoms with Gasteiger partial charge in [0.05, 0.1) is 37.3 Å². The van der Waals surface area contributed by atoms with Gasteiger partial charge in [0.1, 0.15) is 11.6 Å². The lowest BCUT2D eigenvalue weighted by Crippen LogP contribution is -2.54. The molecule has 0 heterocycles. The molecule has 0 N–H and O–H groups in total. The van der Waals surface area contributed by atoms with Gasteiger partial charge in [0.2, 0.25) is 0 Å². The maximum absolute atomic E-state index is 13.3. The Morgan fingerprint density at radius 3 is 1.32 bits per heavy atom. The first kappa shape index (κ1) is 27.2. The van der Waals surface area contributed by atoms with Crippen LogP contribution in [0.15, 0.2) is 48.6 Å². The fraction of sp³-hybridized carbons (Fsp3) is 0.385. The van der Waals surface area contributed by atoms with Crippen LogP contribution in [0, 0.1) is 10.8 Å². The molecule has 0 saturated carbocycles. The average Bonchev–Trinajstić information content (AvgIpc) is 2.79. The van der Waals surface area contributed by atoms with Crippen molar-refractivity contribution < 1.29 is 19.1 Å². The molecule has 0 radical (unpaired) electrons. The second kappa shape index (κ2) is 11.6. The average molecular weight is 544 g/mol. The van der Waals surface area contributed by atoms with E-state index in [1.165, 1.54) is 0 Å². The van der Waals surface area contributed by atoms with E-state index < -0.39 is 10.8 Å². The molecule has 2 aromatic carbocycles. The van der Waals surface area contributed by atoms with E-state index in [9.17, 15) is 9.59 Å². The highest BCUT2D eigenvalue weighted by Gasteiger charge is 2.54. The van der Waals surface area contributed by atoms with Crippen LogP contribution in [0.3, 0.4) is 0 Å². The maximum Gasteiger partial charge on any atom is 0.145 e. The first-order chi connectivity index (χ1) is 16.1. The lowest BCUT2D eigenvalue weighted by atomic mass is 9.60. The number of ketones is 2. The van der Waals surface area contributed by atoms with Crippen molar-refractivity contribution in [3.8, 4) is 0 Å². The summed E-state index contributed by atoms with van der Waals surface area (Å²) in [6, 6.07) is 10.4. The molecule has 0 unspecified atom stereocenters. The van der Waals surface area contributed by atoms with Gasteiger partial charge in [-0.15, -0.1) is 0 Å². The summed E-state index contributed by atoms with van der Waals surface area (Å²) in [6.07, 6.45) is 3.86. The van der Waals surface area contributed by atoms with Gasteiger partial charge < -0.3 is 9.47 Å². The quantitative estimate of drug-likeness (QED) is 0.323. The summed E-state index contributed by atoms with van der Waals surface area (Å²) >= 11 is 25.0. The van der Waals surface area contributed by atoms with Crippen molar-refractivity contribution in [3.63, 3.8) is 0 Å². The predicted octanol–water partition coefficient (Wildman–Crippen LogP) is 7.53. The summed E-state index contributed by atoms with van der Waals surface area (Å²) < 4.78 is 11.9. The standard InChI is InChI=1S/C26H26Cl4O4/c1-25(15-33-13-17-19(27)7-5-8-20(17)28)23(31)11-3-4-12-24(32)26(25,2)16-34-14-18-21(29)9-6-10-22(18)30/h3-10H,11-16H2,1-2H3/b4-3-/t25-,26+. The van der Waals surface area contributed by atoms with Crippen LogP contribution in [0.4, 0.5) is 0 Å². The van der Waals surface area contributed by atoms with E-state index in [1.807, 2.05) is 0 Å². The minimum atomic E-state index is -1.15. The molecule has 1 aliphatic carbocycles. The molecule has 34 heavy (non-hydrogen) atoms. The van der Waals surface area contributed by atoms with Gasteiger partial charge in [0, 0.05) is 44.1 Å². The van der Waals surface area contributed by atoms with Crippen molar-refractivity contribution in [2.45, 2.75) is 39.9 Å². The van der Waals surface area contributed by atoms with E-state index in [0.717, 1.165) is 0 Å². The lowest BCUT2D eigenvalue weighted by molar-refractivity contribution is -0.160. The summed E-state index contributed by atoms with van der Waals surface area (Å²) in [7, 11) is 0. The third-order valence-electron chi connectivity index (χ3n) is 6.62. The van der Waals surface area contributed by atoms with Gasteiger partial charge in [-0.2, -0.15) is 0 Å². The summed E-state index contributed by atoms with van der Waals surface area (Å²) in [5, 5.41) is 1.90. The number of hydrogen-bond acceptors (Lipinski definition) is 4. The molecule has 0 aliphatic heterocycles. The van der Waals surface area contributed by atoms with Gasteiger partial charge in [0.25, 0.3) is 0 Å². The third-order valence-corrected chi connectivity index (χ3v) is 8.04. The molecule has 2 atom stereocenters. The Labute approximate surface area is 220 Å². The number of hydrogen-bond donors (Lipinski definition) is 0. The number of halogens is 4. The second-order valence-electron chi connectivity index (χ2n) is 8.78. The summed E-state index contributed by atoms with van der Waals surface area (Å²) in [5.41, 5.74) is -1.03. The Morgan fingerprint density at radius 2 is 1.00 bits per heavy atom. The zero-order valence-electron chi connectivity index (χ0n) is 19.0. The van der Waals surface area contributed by atoms with Gasteiger partial charge in [0.15, 0.2) is 0 Å². The number of Topliss-reactive ketones (excluding diaryl/α,β-unsaturated/α-hetero) is 2. The highest BCUT2D eigenvalue weighted by molar-refractivity contribution is 6.36. The van der Waals surface area contributed by atoms with Gasteiger partial charge in [-0.25, -0.2) is 0 Å². The first-order valence-corrected chi connectivity index (χ1v) is 12.3. The molecule has 2 aromatic rings. The smallest absolute Gasteiger partial charge is 0.145 e. The van der Waals surface area contributed by atoms with Crippen molar-refractivity contribution in [2.75, 3.05) is 13.2 Å². The lowest BCUT2D eigenvalue weighted by Gasteiger charge is -2.44. The molecule has 4 nitrogen and oxygen atoms in total. The summed E-state index contributed by atoms with van der Waals surface area (Å²) in [6.45, 7) is 3.73. The molecular formula is C26H26Cl4O4. The van der Waals surface area contributed by atoms with Crippen LogP contribution in [0.1, 0.15) is 37.8 Å². The number of rotatable bonds is 8. The van der Waals surface area contributed by atoms with Crippen molar-refractivity contribution in [1.29, 1.82) is 0 Å². The summed E-state index contributed by atoms with van der Waals surface area (Å²) in [4.78, 5) is 26.7. The second-order valence-corrected chi connectivity index (χ2v) is 10.4. The SMILES string of the molecule is C[C@]1(COCc2c(Cl)cccc2Cl)C(=O)C/C=C\CC(=O)[C@@]1(C)COCc1c(Cl)cccc1Cl. The Hall–Kier alpha value is -1.40. The number of benzene rings is 2. The number of carbonyl (C=O) groups is 2. The van der Waals surface area contributed by atoms with Crippen LogP contribution < -0.4 is 0 Å². The van der Waals surface area contributed by atoms with Crippen LogP contribution in [-0.2, 0) is 32.3 Å². The molecular weight excluding hydrogens is 518 g/mol. The van der Waals surface area contributed by atoms with Crippen molar-refractivity contribution >= 4 is 58.0 Å². The highest BCUT2D eigenvalue weighted by atomic mass is 35.5. The van der Waals surface area contributed by atoms with E-state index >= 15 is 0 Å². The fourth-order valence-corrected chi connectivity index (χ4v) is 4.99. The Morgan fingerprint density at radius 1 is 0.676 bits per heavy atom. The fourth-order valence-electron chi connectivity index (χ4n) is 3.98. The predicted molar refractivity (Wildman–Crippen MR) is 137 cm³/mol. The van der Waals surface area contributed by atoms with Crippen molar-refractivity contribution in [1.82, 2.24) is 0 Å². The van der Waals surface area contributed by atoms with E-state index in [0.29, 0.717) is 31.2 Å². The minimum Gasteiger partial charge on any atom is -0.376 e. The molecule has 1 aliphatic rings. The van der Waals surface area contributed by atoms with Crippen molar-refractivity contribution in [3.05, 3.63) is 79.8 Å². The zero-order chi connectivity index (χ0) is 24.9. The largest absolute Gasteiger partial charge is 0.376 e. The first-order valence-electron chi connectivity index (χ1n) is 10.8. The van der Waals surface area contributed by atoms with Gasteiger partial charge >= 0.3 is 0 Å². The third kappa shape index (κ3) is 5.70. The van der Waals surface area contributed by atoms with Crippen LogP contribution in [0.2, 0.25) is 20.1 Å². The number of carbonyl (C=O) groups excluding carboxylic acids is 2. The molecule has 0 saturated heterocycles. The van der Waals surface area contributed by atoms with Crippen molar-refractivity contribution in [2.24, 2.45) is 10.8 Å². The molecule has 0 aromatic heterocycles. The van der Waals surface area contributed by atoms with Crippen LogP contribution in [0.25, 0.3) is 0 Å². The molecule has 182 valence electrons. The summed E-state index contributed by atoms with van der Waals surface area (Å²) in [5.74, 6) is -0.215. The molecule has 8 heteroatoms. The normalized spacial score (nSPS) is 24.1. The monoisotopic (exact) mass is 542 g/mol. The van der Waals surface area contributed by atoms with Crippen LogP contribution >= 0.6 is 46.4 Å². The topological polar surface area (TPSA) is 52.6 Å². The number of ether oxygens (including phenoxy) is 2. The molecule has 0 amide bonds. The minimum absolute atomic E-state index is 0.000323. The van der Waals surface area contributed by atoms with Gasteiger partial charge in [-0.3, -0.25) is 9.59 Å². The zero-order valence-corrected chi connectivity index (χ0v) is 22.0. The maximum atomic E-state index is 13.3.